The number of carbonyl (C=O) groups is 1. The lowest BCUT2D eigenvalue weighted by Crippen LogP contribution is -2.06. The summed E-state index contributed by atoms with van der Waals surface area (Å²) in [5.74, 6) is 0.918. The third-order valence-corrected chi connectivity index (χ3v) is 3.78. The van der Waals surface area contributed by atoms with Gasteiger partial charge in [0.05, 0.1) is 23.7 Å². The molecule has 0 aliphatic carbocycles. The van der Waals surface area contributed by atoms with E-state index in [4.69, 9.17) is 9.47 Å². The minimum Gasteiger partial charge on any atom is -0.493 e. The Labute approximate surface area is 150 Å². The molecule has 0 saturated heterocycles. The van der Waals surface area contributed by atoms with E-state index in [2.05, 4.69) is 16.0 Å². The van der Waals surface area contributed by atoms with Crippen molar-refractivity contribution in [1.82, 2.24) is 9.97 Å². The lowest BCUT2D eigenvalue weighted by Gasteiger charge is -2.09. The fraction of sp³-hybridized carbons (Fsp3) is 0.150. The maximum atomic E-state index is 11.5. The van der Waals surface area contributed by atoms with E-state index in [0.717, 1.165) is 16.6 Å². The zero-order valence-electron chi connectivity index (χ0n) is 14.4. The number of carbonyl (C=O) groups excluding carboxylic acids is 1. The van der Waals surface area contributed by atoms with Gasteiger partial charge in [-0.05, 0) is 35.9 Å². The van der Waals surface area contributed by atoms with Crippen molar-refractivity contribution in [1.29, 1.82) is 5.26 Å². The standard InChI is InChI=1S/C20H17N3O3/c1-3-19(24)26-17-9-8-13(11-18(17)25-2)10-14(12-21)20-22-15-6-4-5-7-16(15)23-20/h4-11H,3H2,1-2H3,(H,22,23)/b14-10-. The summed E-state index contributed by atoms with van der Waals surface area (Å²) in [6.07, 6.45) is 1.97. The van der Waals surface area contributed by atoms with Gasteiger partial charge in [0.1, 0.15) is 11.9 Å². The molecule has 0 amide bonds. The molecule has 130 valence electrons. The van der Waals surface area contributed by atoms with Crippen LogP contribution in [0.5, 0.6) is 11.5 Å². The average Bonchev–Trinajstić information content (AvgIpc) is 3.10. The number of para-hydroxylation sites is 2. The predicted molar refractivity (Wildman–Crippen MR) is 98.5 cm³/mol. The fourth-order valence-corrected chi connectivity index (χ4v) is 2.45. The highest BCUT2D eigenvalue weighted by atomic mass is 16.6. The molecule has 3 aromatic rings. The molecule has 0 spiro atoms. The summed E-state index contributed by atoms with van der Waals surface area (Å²) in [6, 6.07) is 14.8. The largest absolute Gasteiger partial charge is 0.493 e. The summed E-state index contributed by atoms with van der Waals surface area (Å²) in [4.78, 5) is 19.1. The van der Waals surface area contributed by atoms with Crippen LogP contribution in [-0.2, 0) is 4.79 Å². The number of ether oxygens (including phenoxy) is 2. The first kappa shape index (κ1) is 17.2. The normalized spacial score (nSPS) is 11.2. The second kappa shape index (κ2) is 7.53. The molecule has 1 N–H and O–H groups in total. The minimum absolute atomic E-state index is 0.273. The summed E-state index contributed by atoms with van der Waals surface area (Å²) in [5, 5.41) is 9.52. The third-order valence-electron chi connectivity index (χ3n) is 3.78. The molecule has 0 aliphatic heterocycles. The quantitative estimate of drug-likeness (QED) is 0.429. The van der Waals surface area contributed by atoms with Crippen LogP contribution in [0.3, 0.4) is 0 Å². The predicted octanol–water partition coefficient (Wildman–Crippen LogP) is 3.95. The number of aromatic nitrogens is 2. The number of fused-ring (bicyclic) bond motifs is 1. The zero-order valence-corrected chi connectivity index (χ0v) is 14.4. The molecule has 0 atom stereocenters. The number of esters is 1. The molecule has 26 heavy (non-hydrogen) atoms. The van der Waals surface area contributed by atoms with Crippen LogP contribution in [0.4, 0.5) is 0 Å². The number of methoxy groups -OCH3 is 1. The number of nitrogens with one attached hydrogen (secondary N) is 1. The Morgan fingerprint density at radius 3 is 2.77 bits per heavy atom. The van der Waals surface area contributed by atoms with Gasteiger partial charge in [-0.25, -0.2) is 4.98 Å². The first-order valence-corrected chi connectivity index (χ1v) is 8.10. The van der Waals surface area contributed by atoms with Gasteiger partial charge >= 0.3 is 5.97 Å². The van der Waals surface area contributed by atoms with E-state index in [1.807, 2.05) is 24.3 Å². The first-order chi connectivity index (χ1) is 12.6. The van der Waals surface area contributed by atoms with Gasteiger partial charge in [-0.1, -0.05) is 25.1 Å². The highest BCUT2D eigenvalue weighted by molar-refractivity contribution is 5.90. The summed E-state index contributed by atoms with van der Waals surface area (Å²) in [6.45, 7) is 1.72. The van der Waals surface area contributed by atoms with Crippen molar-refractivity contribution in [2.75, 3.05) is 7.11 Å². The van der Waals surface area contributed by atoms with E-state index >= 15 is 0 Å². The molecule has 1 aromatic heterocycles. The summed E-state index contributed by atoms with van der Waals surface area (Å²) < 4.78 is 10.5. The van der Waals surface area contributed by atoms with Crippen molar-refractivity contribution in [2.24, 2.45) is 0 Å². The lowest BCUT2D eigenvalue weighted by atomic mass is 10.1. The molecule has 6 nitrogen and oxygen atoms in total. The Hall–Kier alpha value is -3.59. The number of nitrogens with zero attached hydrogens (tertiary/aromatic N) is 2. The average molecular weight is 347 g/mol. The molecule has 2 aromatic carbocycles. The van der Waals surface area contributed by atoms with Gasteiger partial charge in [0, 0.05) is 6.42 Å². The maximum absolute atomic E-state index is 11.5. The minimum atomic E-state index is -0.341. The highest BCUT2D eigenvalue weighted by Crippen LogP contribution is 2.30. The van der Waals surface area contributed by atoms with Crippen molar-refractivity contribution in [3.8, 4) is 17.6 Å². The Bertz CT molecular complexity index is 995. The third kappa shape index (κ3) is 3.57. The Morgan fingerprint density at radius 1 is 1.27 bits per heavy atom. The van der Waals surface area contributed by atoms with Crippen LogP contribution in [0.15, 0.2) is 42.5 Å². The van der Waals surface area contributed by atoms with Crippen LogP contribution >= 0.6 is 0 Å². The molecule has 0 bridgehead atoms. The lowest BCUT2D eigenvalue weighted by molar-refractivity contribution is -0.134. The van der Waals surface area contributed by atoms with Gasteiger partial charge in [0.25, 0.3) is 0 Å². The maximum Gasteiger partial charge on any atom is 0.311 e. The number of imidazole rings is 1. The SMILES string of the molecule is CCC(=O)Oc1ccc(/C=C(/C#N)c2nc3ccccc3[nH]2)cc1OC. The van der Waals surface area contributed by atoms with Gasteiger partial charge in [0.2, 0.25) is 0 Å². The van der Waals surface area contributed by atoms with Crippen molar-refractivity contribution in [2.45, 2.75) is 13.3 Å². The van der Waals surface area contributed by atoms with E-state index in [1.54, 1.807) is 31.2 Å². The molecule has 3 rings (SSSR count). The molecular formula is C20H17N3O3. The van der Waals surface area contributed by atoms with E-state index in [1.165, 1.54) is 7.11 Å². The van der Waals surface area contributed by atoms with Gasteiger partial charge in [-0.15, -0.1) is 0 Å². The summed E-state index contributed by atoms with van der Waals surface area (Å²) in [7, 11) is 1.50. The first-order valence-electron chi connectivity index (χ1n) is 8.10. The van der Waals surface area contributed by atoms with Gasteiger partial charge in [0.15, 0.2) is 11.5 Å². The van der Waals surface area contributed by atoms with Gasteiger partial charge < -0.3 is 14.5 Å². The topological polar surface area (TPSA) is 88.0 Å². The molecule has 0 unspecified atom stereocenters. The number of allylic oxidation sites excluding steroid dienone is 1. The Kier molecular flexibility index (Phi) is 4.99. The number of hydrogen-bond donors (Lipinski definition) is 1. The Balaban J connectivity index is 1.96. The van der Waals surface area contributed by atoms with Crippen LogP contribution in [0.1, 0.15) is 24.7 Å². The number of nitriles is 1. The zero-order chi connectivity index (χ0) is 18.5. The highest BCUT2D eigenvalue weighted by Gasteiger charge is 2.11. The van der Waals surface area contributed by atoms with E-state index < -0.39 is 0 Å². The molecule has 0 fully saturated rings. The number of benzene rings is 2. The van der Waals surface area contributed by atoms with Crippen molar-refractivity contribution in [3.05, 3.63) is 53.9 Å². The van der Waals surface area contributed by atoms with Crippen LogP contribution in [-0.4, -0.2) is 23.0 Å². The van der Waals surface area contributed by atoms with E-state index in [9.17, 15) is 10.1 Å². The second-order valence-electron chi connectivity index (χ2n) is 5.51. The summed E-state index contributed by atoms with van der Waals surface area (Å²) >= 11 is 0. The molecule has 1 heterocycles. The number of hydrogen-bond acceptors (Lipinski definition) is 5. The molecule has 0 radical (unpaired) electrons. The van der Waals surface area contributed by atoms with Crippen molar-refractivity contribution < 1.29 is 14.3 Å². The van der Waals surface area contributed by atoms with Crippen LogP contribution in [0, 0.1) is 11.3 Å². The number of rotatable bonds is 5. The fourth-order valence-electron chi connectivity index (χ4n) is 2.45. The monoisotopic (exact) mass is 347 g/mol. The van der Waals surface area contributed by atoms with Gasteiger partial charge in [-0.2, -0.15) is 5.26 Å². The smallest absolute Gasteiger partial charge is 0.311 e. The Morgan fingerprint density at radius 2 is 2.08 bits per heavy atom. The molecular weight excluding hydrogens is 330 g/mol. The van der Waals surface area contributed by atoms with E-state index in [-0.39, 0.29) is 12.4 Å². The molecule has 6 heteroatoms. The van der Waals surface area contributed by atoms with E-state index in [0.29, 0.717) is 22.9 Å². The molecule has 0 saturated carbocycles. The van der Waals surface area contributed by atoms with Crippen molar-refractivity contribution >= 4 is 28.7 Å². The molecule has 0 aliphatic rings. The van der Waals surface area contributed by atoms with Gasteiger partial charge in [-0.3, -0.25) is 4.79 Å². The van der Waals surface area contributed by atoms with Crippen LogP contribution in [0.2, 0.25) is 0 Å². The second-order valence-corrected chi connectivity index (χ2v) is 5.51. The van der Waals surface area contributed by atoms with Crippen LogP contribution in [0.25, 0.3) is 22.7 Å². The summed E-state index contributed by atoms with van der Waals surface area (Å²) in [5.41, 5.74) is 2.78. The van der Waals surface area contributed by atoms with Crippen molar-refractivity contribution in [3.63, 3.8) is 0 Å². The number of H-pyrrole nitrogens is 1. The number of aromatic amines is 1. The van der Waals surface area contributed by atoms with Crippen LogP contribution < -0.4 is 9.47 Å².